The molecule has 1 aliphatic carbocycles. The molecule has 78 valence electrons. The van der Waals surface area contributed by atoms with Crippen LogP contribution in [0.1, 0.15) is 31.2 Å². The van der Waals surface area contributed by atoms with E-state index in [1.807, 2.05) is 0 Å². The molecule has 0 amide bonds. The zero-order valence-corrected chi connectivity index (χ0v) is 9.08. The second kappa shape index (κ2) is 3.73. The van der Waals surface area contributed by atoms with E-state index < -0.39 is 0 Å². The molecular weight excluding hydrogens is 182 g/mol. The monoisotopic (exact) mass is 199 g/mol. The summed E-state index contributed by atoms with van der Waals surface area (Å²) in [5, 5.41) is 0. The molecule has 0 unspecified atom stereocenters. The molecule has 0 fully saturated rings. The number of hydrogen-bond acceptors (Lipinski definition) is 1. The van der Waals surface area contributed by atoms with Gasteiger partial charge in [-0.15, -0.1) is 0 Å². The van der Waals surface area contributed by atoms with Gasteiger partial charge in [-0.1, -0.05) is 24.3 Å². The molecule has 1 aromatic rings. The third-order valence-corrected chi connectivity index (χ3v) is 3.47. The third-order valence-electron chi connectivity index (χ3n) is 3.47. The lowest BCUT2D eigenvalue weighted by Crippen LogP contribution is -2.27. The topological polar surface area (TPSA) is 3.24 Å². The van der Waals surface area contributed by atoms with E-state index in [9.17, 15) is 0 Å². The van der Waals surface area contributed by atoms with Gasteiger partial charge in [0.1, 0.15) is 0 Å². The number of hydrogen-bond donors (Lipinski definition) is 0. The van der Waals surface area contributed by atoms with E-state index in [0.29, 0.717) is 0 Å². The second-order valence-corrected chi connectivity index (χ2v) is 4.47. The maximum absolute atomic E-state index is 2.53. The highest BCUT2D eigenvalue weighted by atomic mass is 15.1. The third kappa shape index (κ3) is 1.56. The van der Waals surface area contributed by atoms with Crippen molar-refractivity contribution in [2.24, 2.45) is 0 Å². The van der Waals surface area contributed by atoms with Crippen molar-refractivity contribution in [3.63, 3.8) is 0 Å². The lowest BCUT2D eigenvalue weighted by Gasteiger charge is -2.32. The Morgan fingerprint density at radius 2 is 1.93 bits per heavy atom. The normalized spacial score (nSPS) is 20.0. The molecule has 3 rings (SSSR count). The van der Waals surface area contributed by atoms with Crippen LogP contribution in [0.5, 0.6) is 0 Å². The van der Waals surface area contributed by atoms with Gasteiger partial charge in [0.05, 0.1) is 0 Å². The van der Waals surface area contributed by atoms with Crippen LogP contribution in [-0.4, -0.2) is 6.54 Å². The number of benzene rings is 1. The van der Waals surface area contributed by atoms with E-state index in [0.717, 1.165) is 0 Å². The number of nitrogens with zero attached hydrogens (tertiary/aromatic N) is 1. The van der Waals surface area contributed by atoms with Gasteiger partial charge < -0.3 is 4.90 Å². The van der Waals surface area contributed by atoms with Gasteiger partial charge in [-0.05, 0) is 43.7 Å². The summed E-state index contributed by atoms with van der Waals surface area (Å²) in [6, 6.07) is 8.86. The van der Waals surface area contributed by atoms with Crippen molar-refractivity contribution in [3.8, 4) is 0 Å². The Labute approximate surface area is 91.4 Å². The summed E-state index contributed by atoms with van der Waals surface area (Å²) < 4.78 is 0. The van der Waals surface area contributed by atoms with Crippen LogP contribution in [0.3, 0.4) is 0 Å². The van der Waals surface area contributed by atoms with Gasteiger partial charge in [-0.3, -0.25) is 0 Å². The second-order valence-electron chi connectivity index (χ2n) is 4.47. The summed E-state index contributed by atoms with van der Waals surface area (Å²) in [6.07, 6.45) is 8.85. The van der Waals surface area contributed by atoms with Crippen molar-refractivity contribution in [2.45, 2.75) is 32.1 Å². The van der Waals surface area contributed by atoms with E-state index in [4.69, 9.17) is 0 Å². The summed E-state index contributed by atoms with van der Waals surface area (Å²) in [6.45, 7) is 1.21. The first-order valence-electron chi connectivity index (χ1n) is 5.99. The molecule has 1 aromatic carbocycles. The molecule has 0 aromatic heterocycles. The van der Waals surface area contributed by atoms with Gasteiger partial charge in [0, 0.05) is 17.9 Å². The molecule has 0 spiro atoms. The zero-order chi connectivity index (χ0) is 10.1. The molecule has 2 aliphatic rings. The smallest absolute Gasteiger partial charge is 0.0440 e. The van der Waals surface area contributed by atoms with Gasteiger partial charge in [0.15, 0.2) is 0 Å². The fourth-order valence-electron chi connectivity index (χ4n) is 2.73. The first kappa shape index (κ1) is 9.02. The van der Waals surface area contributed by atoms with Crippen LogP contribution in [0.2, 0.25) is 0 Å². The summed E-state index contributed by atoms with van der Waals surface area (Å²) >= 11 is 0. The van der Waals surface area contributed by atoms with E-state index in [2.05, 4.69) is 35.2 Å². The first-order valence-corrected chi connectivity index (χ1v) is 5.99. The fourth-order valence-corrected chi connectivity index (χ4v) is 2.73. The van der Waals surface area contributed by atoms with Crippen LogP contribution in [0.25, 0.3) is 0 Å². The number of fused-ring (bicyclic) bond motifs is 1. The SMILES string of the molecule is C1=C(N2CCCc3ccccc32)CCC1. The maximum atomic E-state index is 2.53. The van der Waals surface area contributed by atoms with Gasteiger partial charge >= 0.3 is 0 Å². The van der Waals surface area contributed by atoms with Crippen molar-refractivity contribution < 1.29 is 0 Å². The van der Waals surface area contributed by atoms with Crippen LogP contribution in [-0.2, 0) is 6.42 Å². The van der Waals surface area contributed by atoms with E-state index in [1.54, 1.807) is 5.70 Å². The highest BCUT2D eigenvalue weighted by Crippen LogP contribution is 2.33. The van der Waals surface area contributed by atoms with E-state index in [-0.39, 0.29) is 0 Å². The van der Waals surface area contributed by atoms with Crippen molar-refractivity contribution in [1.82, 2.24) is 0 Å². The van der Waals surface area contributed by atoms with Crippen molar-refractivity contribution >= 4 is 5.69 Å². The summed E-state index contributed by atoms with van der Waals surface area (Å²) in [7, 11) is 0. The van der Waals surface area contributed by atoms with Crippen molar-refractivity contribution in [2.75, 3.05) is 11.4 Å². The molecule has 1 heterocycles. The molecule has 1 nitrogen and oxygen atoms in total. The molecule has 0 radical (unpaired) electrons. The molecule has 0 saturated carbocycles. The van der Waals surface area contributed by atoms with E-state index in [1.165, 1.54) is 49.9 Å². The highest BCUT2D eigenvalue weighted by molar-refractivity contribution is 5.59. The van der Waals surface area contributed by atoms with Crippen LogP contribution in [0.4, 0.5) is 5.69 Å². The Balaban J connectivity index is 1.98. The molecule has 1 aliphatic heterocycles. The summed E-state index contributed by atoms with van der Waals surface area (Å²) in [5.41, 5.74) is 4.54. The molecule has 0 bridgehead atoms. The number of allylic oxidation sites excluding steroid dienone is 2. The highest BCUT2D eigenvalue weighted by Gasteiger charge is 2.20. The minimum atomic E-state index is 1.21. The standard InChI is InChI=1S/C14H17N/c1-4-10-14-12(6-1)7-5-11-15(14)13-8-2-3-9-13/h1,4,6,8,10H,2-3,5,7,9,11H2. The first-order chi connectivity index (χ1) is 7.45. The summed E-state index contributed by atoms with van der Waals surface area (Å²) in [5.74, 6) is 0. The predicted molar refractivity (Wildman–Crippen MR) is 64.0 cm³/mol. The fraction of sp³-hybridized carbons (Fsp3) is 0.429. The predicted octanol–water partition coefficient (Wildman–Crippen LogP) is 3.51. The Bertz CT molecular complexity index is 392. The minimum Gasteiger partial charge on any atom is -0.345 e. The molecule has 0 saturated heterocycles. The largest absolute Gasteiger partial charge is 0.345 e. The van der Waals surface area contributed by atoms with Gasteiger partial charge in [0.25, 0.3) is 0 Å². The van der Waals surface area contributed by atoms with Crippen molar-refractivity contribution in [1.29, 1.82) is 0 Å². The zero-order valence-electron chi connectivity index (χ0n) is 9.08. The number of para-hydroxylation sites is 1. The summed E-state index contributed by atoms with van der Waals surface area (Å²) in [4.78, 5) is 2.53. The number of aryl methyl sites for hydroxylation is 1. The van der Waals surface area contributed by atoms with Gasteiger partial charge in [-0.25, -0.2) is 0 Å². The molecule has 0 N–H and O–H groups in total. The van der Waals surface area contributed by atoms with Gasteiger partial charge in [-0.2, -0.15) is 0 Å². The Kier molecular flexibility index (Phi) is 2.24. The lowest BCUT2D eigenvalue weighted by molar-refractivity contribution is 0.727. The average molecular weight is 199 g/mol. The molecular formula is C14H17N. The van der Waals surface area contributed by atoms with Crippen LogP contribution in [0.15, 0.2) is 36.0 Å². The number of rotatable bonds is 1. The molecule has 15 heavy (non-hydrogen) atoms. The Morgan fingerprint density at radius 3 is 2.80 bits per heavy atom. The van der Waals surface area contributed by atoms with Gasteiger partial charge in [0.2, 0.25) is 0 Å². The molecule has 1 heteroatoms. The van der Waals surface area contributed by atoms with Crippen LogP contribution < -0.4 is 4.90 Å². The van der Waals surface area contributed by atoms with E-state index >= 15 is 0 Å². The number of anilines is 1. The van der Waals surface area contributed by atoms with Crippen LogP contribution in [0, 0.1) is 0 Å². The van der Waals surface area contributed by atoms with Crippen molar-refractivity contribution in [3.05, 3.63) is 41.6 Å². The Hall–Kier alpha value is -1.24. The molecule has 0 atom stereocenters. The maximum Gasteiger partial charge on any atom is 0.0440 e. The van der Waals surface area contributed by atoms with Crippen LogP contribution >= 0.6 is 0 Å². The average Bonchev–Trinajstić information content (AvgIpc) is 2.82. The lowest BCUT2D eigenvalue weighted by atomic mass is 10.0. The minimum absolute atomic E-state index is 1.21. The Morgan fingerprint density at radius 1 is 1.00 bits per heavy atom. The quantitative estimate of drug-likeness (QED) is 0.669.